The number of benzene rings is 1. The molecule has 0 amide bonds. The lowest BCUT2D eigenvalue weighted by atomic mass is 9.91. The SMILES string of the molecule is CCc1cc(CC)c(-c2ccc(N)cn2)c(CC)c1. The monoisotopic (exact) mass is 254 g/mol. The largest absolute Gasteiger partial charge is 0.397 e. The van der Waals surface area contributed by atoms with E-state index in [4.69, 9.17) is 5.73 Å². The number of rotatable bonds is 4. The summed E-state index contributed by atoms with van der Waals surface area (Å²) < 4.78 is 0. The molecule has 1 aromatic heterocycles. The second-order valence-electron chi connectivity index (χ2n) is 4.83. The number of hydrogen-bond acceptors (Lipinski definition) is 2. The lowest BCUT2D eigenvalue weighted by Gasteiger charge is -2.15. The van der Waals surface area contributed by atoms with E-state index >= 15 is 0 Å². The van der Waals surface area contributed by atoms with E-state index in [9.17, 15) is 0 Å². The van der Waals surface area contributed by atoms with Crippen LogP contribution in [0.5, 0.6) is 0 Å². The fourth-order valence-corrected chi connectivity index (χ4v) is 2.48. The molecule has 0 aliphatic heterocycles. The maximum absolute atomic E-state index is 5.73. The van der Waals surface area contributed by atoms with E-state index < -0.39 is 0 Å². The van der Waals surface area contributed by atoms with Crippen LogP contribution in [0.1, 0.15) is 37.5 Å². The Morgan fingerprint density at radius 2 is 1.58 bits per heavy atom. The van der Waals surface area contributed by atoms with E-state index in [1.54, 1.807) is 6.20 Å². The van der Waals surface area contributed by atoms with Crippen LogP contribution in [0.2, 0.25) is 0 Å². The van der Waals surface area contributed by atoms with Gasteiger partial charge in [0.1, 0.15) is 0 Å². The topological polar surface area (TPSA) is 38.9 Å². The zero-order chi connectivity index (χ0) is 13.8. The van der Waals surface area contributed by atoms with Crippen LogP contribution in [-0.2, 0) is 19.3 Å². The Morgan fingerprint density at radius 1 is 0.947 bits per heavy atom. The number of hydrogen-bond donors (Lipinski definition) is 1. The molecule has 0 aliphatic carbocycles. The Labute approximate surface area is 115 Å². The normalized spacial score (nSPS) is 10.7. The maximum Gasteiger partial charge on any atom is 0.0709 e. The zero-order valence-electron chi connectivity index (χ0n) is 12.0. The molecule has 100 valence electrons. The number of nitrogens with two attached hydrogens (primary N) is 1. The predicted octanol–water partition coefficient (Wildman–Crippen LogP) is 4.02. The van der Waals surface area contributed by atoms with E-state index in [-0.39, 0.29) is 0 Å². The van der Waals surface area contributed by atoms with Crippen LogP contribution in [0.4, 0.5) is 5.69 Å². The van der Waals surface area contributed by atoms with E-state index in [0.29, 0.717) is 5.69 Å². The number of aryl methyl sites for hydroxylation is 3. The Hall–Kier alpha value is -1.83. The quantitative estimate of drug-likeness (QED) is 0.895. The van der Waals surface area contributed by atoms with Gasteiger partial charge in [-0.25, -0.2) is 0 Å². The summed E-state index contributed by atoms with van der Waals surface area (Å²) in [5, 5.41) is 0. The third-order valence-electron chi connectivity index (χ3n) is 3.57. The summed E-state index contributed by atoms with van der Waals surface area (Å²) in [6.07, 6.45) is 4.88. The summed E-state index contributed by atoms with van der Waals surface area (Å²) in [4.78, 5) is 4.50. The minimum Gasteiger partial charge on any atom is -0.397 e. The van der Waals surface area contributed by atoms with Gasteiger partial charge in [0.15, 0.2) is 0 Å². The summed E-state index contributed by atoms with van der Waals surface area (Å²) in [6, 6.07) is 8.57. The molecule has 0 spiro atoms. The molecular weight excluding hydrogens is 232 g/mol. The first-order chi connectivity index (χ1) is 9.19. The van der Waals surface area contributed by atoms with Gasteiger partial charge in [-0.2, -0.15) is 0 Å². The van der Waals surface area contributed by atoms with Crippen LogP contribution in [0.3, 0.4) is 0 Å². The van der Waals surface area contributed by atoms with Crippen molar-refractivity contribution < 1.29 is 0 Å². The van der Waals surface area contributed by atoms with Gasteiger partial charge in [0.2, 0.25) is 0 Å². The first kappa shape index (κ1) is 13.6. The highest BCUT2D eigenvalue weighted by Crippen LogP contribution is 2.29. The molecule has 2 rings (SSSR count). The minimum absolute atomic E-state index is 0.713. The molecule has 0 fully saturated rings. The summed E-state index contributed by atoms with van der Waals surface area (Å²) >= 11 is 0. The van der Waals surface area contributed by atoms with Crippen molar-refractivity contribution in [2.45, 2.75) is 40.0 Å². The maximum atomic E-state index is 5.73. The van der Waals surface area contributed by atoms with Gasteiger partial charge in [0, 0.05) is 5.56 Å². The lowest BCUT2D eigenvalue weighted by molar-refractivity contribution is 1.04. The Balaban J connectivity index is 2.63. The lowest BCUT2D eigenvalue weighted by Crippen LogP contribution is -1.99. The standard InChI is InChI=1S/C17H22N2/c1-4-12-9-13(5-2)17(14(6-3)10-12)16-8-7-15(18)11-19-16/h7-11H,4-6,18H2,1-3H3. The van der Waals surface area contributed by atoms with Crippen molar-refractivity contribution in [3.05, 3.63) is 47.2 Å². The molecule has 2 N–H and O–H groups in total. The van der Waals surface area contributed by atoms with E-state index in [1.165, 1.54) is 22.3 Å². The predicted molar refractivity (Wildman–Crippen MR) is 82.2 cm³/mol. The van der Waals surface area contributed by atoms with E-state index in [0.717, 1.165) is 25.0 Å². The third-order valence-corrected chi connectivity index (χ3v) is 3.57. The summed E-state index contributed by atoms with van der Waals surface area (Å²) in [5.41, 5.74) is 12.9. The van der Waals surface area contributed by atoms with Crippen molar-refractivity contribution in [2.24, 2.45) is 0 Å². The highest BCUT2D eigenvalue weighted by atomic mass is 14.7. The van der Waals surface area contributed by atoms with Gasteiger partial charge in [0.05, 0.1) is 17.6 Å². The zero-order valence-corrected chi connectivity index (χ0v) is 12.0. The molecule has 0 aliphatic rings. The van der Waals surface area contributed by atoms with Crippen molar-refractivity contribution in [1.29, 1.82) is 0 Å². The van der Waals surface area contributed by atoms with Crippen molar-refractivity contribution in [3.63, 3.8) is 0 Å². The molecule has 2 nitrogen and oxygen atoms in total. The van der Waals surface area contributed by atoms with Gasteiger partial charge in [-0.3, -0.25) is 4.98 Å². The van der Waals surface area contributed by atoms with Gasteiger partial charge in [-0.1, -0.05) is 32.9 Å². The third kappa shape index (κ3) is 2.78. The van der Waals surface area contributed by atoms with Gasteiger partial charge >= 0.3 is 0 Å². The average molecular weight is 254 g/mol. The first-order valence-electron chi connectivity index (χ1n) is 7.06. The van der Waals surface area contributed by atoms with Crippen LogP contribution < -0.4 is 5.73 Å². The fourth-order valence-electron chi connectivity index (χ4n) is 2.48. The molecule has 0 atom stereocenters. The average Bonchev–Trinajstić information content (AvgIpc) is 2.46. The second-order valence-corrected chi connectivity index (χ2v) is 4.83. The second kappa shape index (κ2) is 5.87. The van der Waals surface area contributed by atoms with Crippen molar-refractivity contribution >= 4 is 5.69 Å². The Morgan fingerprint density at radius 3 is 2.00 bits per heavy atom. The van der Waals surface area contributed by atoms with Crippen LogP contribution in [0.15, 0.2) is 30.5 Å². The number of anilines is 1. The van der Waals surface area contributed by atoms with Gasteiger partial charge in [-0.15, -0.1) is 0 Å². The molecule has 0 saturated carbocycles. The van der Waals surface area contributed by atoms with Crippen LogP contribution >= 0.6 is 0 Å². The molecule has 2 heteroatoms. The molecule has 0 radical (unpaired) electrons. The first-order valence-corrected chi connectivity index (χ1v) is 7.06. The molecule has 2 aromatic rings. The summed E-state index contributed by atoms with van der Waals surface area (Å²) in [7, 11) is 0. The highest BCUT2D eigenvalue weighted by molar-refractivity contribution is 5.69. The number of nitrogen functional groups attached to an aromatic ring is 1. The van der Waals surface area contributed by atoms with Crippen molar-refractivity contribution in [3.8, 4) is 11.3 Å². The highest BCUT2D eigenvalue weighted by Gasteiger charge is 2.11. The molecule has 0 unspecified atom stereocenters. The van der Waals surface area contributed by atoms with E-state index in [2.05, 4.69) is 37.9 Å². The molecule has 0 saturated heterocycles. The smallest absolute Gasteiger partial charge is 0.0709 e. The number of nitrogens with zero attached hydrogens (tertiary/aromatic N) is 1. The van der Waals surface area contributed by atoms with Crippen molar-refractivity contribution in [2.75, 3.05) is 5.73 Å². The molecule has 0 bridgehead atoms. The Kier molecular flexibility index (Phi) is 4.20. The molecule has 1 aromatic carbocycles. The minimum atomic E-state index is 0.713. The number of aromatic nitrogens is 1. The van der Waals surface area contributed by atoms with E-state index in [1.807, 2.05) is 12.1 Å². The van der Waals surface area contributed by atoms with Crippen molar-refractivity contribution in [1.82, 2.24) is 4.98 Å². The molecular formula is C17H22N2. The molecule has 19 heavy (non-hydrogen) atoms. The van der Waals surface area contributed by atoms with Crippen LogP contribution in [0.25, 0.3) is 11.3 Å². The summed E-state index contributed by atoms with van der Waals surface area (Å²) in [5.74, 6) is 0. The Bertz CT molecular complexity index is 531. The van der Waals surface area contributed by atoms with Crippen LogP contribution in [-0.4, -0.2) is 4.98 Å². The van der Waals surface area contributed by atoms with Gasteiger partial charge in [0.25, 0.3) is 0 Å². The summed E-state index contributed by atoms with van der Waals surface area (Å²) in [6.45, 7) is 6.61. The number of pyridine rings is 1. The van der Waals surface area contributed by atoms with Gasteiger partial charge < -0.3 is 5.73 Å². The molecule has 1 heterocycles. The van der Waals surface area contributed by atoms with Gasteiger partial charge in [-0.05, 0) is 48.1 Å². The fraction of sp³-hybridized carbons (Fsp3) is 0.353. The van der Waals surface area contributed by atoms with Crippen LogP contribution in [0, 0.1) is 0 Å².